The molecule has 5 nitrogen and oxygen atoms in total. The molecule has 1 rings (SSSR count). The Bertz CT molecular complexity index is 448. The zero-order valence-corrected chi connectivity index (χ0v) is 13.6. The summed E-state index contributed by atoms with van der Waals surface area (Å²) in [4.78, 5) is 16.5. The molecular weight excluding hydrogens is 264 g/mol. The quantitative estimate of drug-likeness (QED) is 0.759. The van der Waals surface area contributed by atoms with E-state index in [1.54, 1.807) is 0 Å². The van der Waals surface area contributed by atoms with Crippen molar-refractivity contribution < 1.29 is 4.79 Å². The number of likely N-dealkylation sites (N-methyl/N-ethyl adjacent to an activating group) is 1. The number of nitrogens with zero attached hydrogens (tertiary/aromatic N) is 2. The summed E-state index contributed by atoms with van der Waals surface area (Å²) >= 11 is 0. The van der Waals surface area contributed by atoms with Gasteiger partial charge in [0.05, 0.1) is 6.04 Å². The van der Waals surface area contributed by atoms with Crippen LogP contribution < -0.4 is 11.1 Å². The zero-order chi connectivity index (χ0) is 15.8. The molecule has 0 aliphatic heterocycles. The van der Waals surface area contributed by atoms with Gasteiger partial charge in [-0.1, -0.05) is 12.1 Å². The predicted octanol–water partition coefficient (Wildman–Crippen LogP) is 1.36. The predicted molar refractivity (Wildman–Crippen MR) is 88.2 cm³/mol. The summed E-state index contributed by atoms with van der Waals surface area (Å²) in [6.45, 7) is 4.33. The molecule has 0 spiro atoms. The summed E-state index contributed by atoms with van der Waals surface area (Å²) in [5.74, 6) is 0.0107. The summed E-state index contributed by atoms with van der Waals surface area (Å²) in [7, 11) is 6.09. The summed E-state index contributed by atoms with van der Waals surface area (Å²) in [6.07, 6.45) is 1.05. The Morgan fingerprint density at radius 1 is 1.29 bits per heavy atom. The molecule has 21 heavy (non-hydrogen) atoms. The Labute approximate surface area is 128 Å². The van der Waals surface area contributed by atoms with E-state index >= 15 is 0 Å². The fraction of sp³-hybridized carbons (Fsp3) is 0.562. The average Bonchev–Trinajstić information content (AvgIpc) is 2.46. The fourth-order valence-electron chi connectivity index (χ4n) is 2.05. The standard InChI is InChI=1S/C16H28N4O/c1-13(20(4)10-6-9-19(2)3)16(21)18-15-8-5-7-14(11-15)12-17/h5,7-8,11,13H,6,9-10,12,17H2,1-4H3,(H,18,21). The first kappa shape index (κ1) is 17.6. The monoisotopic (exact) mass is 292 g/mol. The normalized spacial score (nSPS) is 12.7. The molecule has 0 bridgehead atoms. The molecule has 1 aromatic rings. The maximum Gasteiger partial charge on any atom is 0.241 e. The Balaban J connectivity index is 2.49. The van der Waals surface area contributed by atoms with Crippen LogP contribution in [0, 0.1) is 0 Å². The van der Waals surface area contributed by atoms with Gasteiger partial charge < -0.3 is 16.0 Å². The Hall–Kier alpha value is -1.43. The molecule has 1 amide bonds. The highest BCUT2D eigenvalue weighted by Gasteiger charge is 2.17. The first-order chi connectivity index (χ1) is 9.93. The van der Waals surface area contributed by atoms with Crippen LogP contribution in [0.4, 0.5) is 5.69 Å². The second-order valence-corrected chi connectivity index (χ2v) is 5.71. The minimum Gasteiger partial charge on any atom is -0.326 e. The molecule has 0 saturated carbocycles. The second-order valence-electron chi connectivity index (χ2n) is 5.71. The average molecular weight is 292 g/mol. The maximum atomic E-state index is 12.3. The minimum absolute atomic E-state index is 0.0107. The number of hydrogen-bond acceptors (Lipinski definition) is 4. The lowest BCUT2D eigenvalue weighted by Crippen LogP contribution is -2.40. The molecule has 0 aliphatic rings. The van der Waals surface area contributed by atoms with Crippen molar-refractivity contribution in [2.75, 3.05) is 39.5 Å². The van der Waals surface area contributed by atoms with Gasteiger partial charge in [0.1, 0.15) is 0 Å². The Morgan fingerprint density at radius 2 is 2.00 bits per heavy atom. The van der Waals surface area contributed by atoms with E-state index < -0.39 is 0 Å². The summed E-state index contributed by atoms with van der Waals surface area (Å²) in [5.41, 5.74) is 7.43. The third-order valence-corrected chi connectivity index (χ3v) is 3.59. The molecule has 5 heteroatoms. The van der Waals surface area contributed by atoms with Crippen molar-refractivity contribution in [3.63, 3.8) is 0 Å². The van der Waals surface area contributed by atoms with Crippen molar-refractivity contribution in [2.45, 2.75) is 25.9 Å². The van der Waals surface area contributed by atoms with Crippen molar-refractivity contribution in [2.24, 2.45) is 5.73 Å². The van der Waals surface area contributed by atoms with Crippen molar-refractivity contribution >= 4 is 11.6 Å². The van der Waals surface area contributed by atoms with Crippen LogP contribution in [0.5, 0.6) is 0 Å². The van der Waals surface area contributed by atoms with E-state index in [0.717, 1.165) is 30.8 Å². The van der Waals surface area contributed by atoms with Crippen LogP contribution in [0.2, 0.25) is 0 Å². The number of amides is 1. The molecule has 118 valence electrons. The van der Waals surface area contributed by atoms with Crippen LogP contribution in [0.1, 0.15) is 18.9 Å². The van der Waals surface area contributed by atoms with Crippen LogP contribution >= 0.6 is 0 Å². The lowest BCUT2D eigenvalue weighted by Gasteiger charge is -2.24. The smallest absolute Gasteiger partial charge is 0.241 e. The van der Waals surface area contributed by atoms with Crippen LogP contribution in [0.3, 0.4) is 0 Å². The number of hydrogen-bond donors (Lipinski definition) is 2. The van der Waals surface area contributed by atoms with Gasteiger partial charge in [0.2, 0.25) is 5.91 Å². The SMILES string of the molecule is CC(C(=O)Nc1cccc(CN)c1)N(C)CCCN(C)C. The van der Waals surface area contributed by atoms with Crippen LogP contribution in [-0.2, 0) is 11.3 Å². The van der Waals surface area contributed by atoms with E-state index in [4.69, 9.17) is 5.73 Å². The van der Waals surface area contributed by atoms with Crippen LogP contribution in [0.25, 0.3) is 0 Å². The van der Waals surface area contributed by atoms with Crippen molar-refractivity contribution in [1.82, 2.24) is 9.80 Å². The molecule has 1 atom stereocenters. The van der Waals surface area contributed by atoms with Crippen LogP contribution in [0.15, 0.2) is 24.3 Å². The largest absolute Gasteiger partial charge is 0.326 e. The lowest BCUT2D eigenvalue weighted by molar-refractivity contribution is -0.120. The molecule has 0 radical (unpaired) electrons. The van der Waals surface area contributed by atoms with Crippen LogP contribution in [-0.4, -0.2) is 56.0 Å². The van der Waals surface area contributed by atoms with Gasteiger partial charge in [-0.25, -0.2) is 0 Å². The maximum absolute atomic E-state index is 12.3. The highest BCUT2D eigenvalue weighted by molar-refractivity contribution is 5.94. The van der Waals surface area contributed by atoms with Gasteiger partial charge in [0, 0.05) is 12.2 Å². The molecule has 1 unspecified atom stereocenters. The van der Waals surface area contributed by atoms with Gasteiger partial charge in [0.25, 0.3) is 0 Å². The highest BCUT2D eigenvalue weighted by atomic mass is 16.2. The molecule has 3 N–H and O–H groups in total. The molecule has 0 aliphatic carbocycles. The van der Waals surface area contributed by atoms with E-state index in [1.165, 1.54) is 0 Å². The number of nitrogens with one attached hydrogen (secondary N) is 1. The number of nitrogens with two attached hydrogens (primary N) is 1. The molecule has 0 saturated heterocycles. The summed E-state index contributed by atoms with van der Waals surface area (Å²) < 4.78 is 0. The molecular formula is C16H28N4O. The fourth-order valence-corrected chi connectivity index (χ4v) is 2.05. The van der Waals surface area contributed by atoms with E-state index in [2.05, 4.69) is 29.2 Å². The van der Waals surface area contributed by atoms with Gasteiger partial charge in [-0.2, -0.15) is 0 Å². The minimum atomic E-state index is -0.159. The third-order valence-electron chi connectivity index (χ3n) is 3.59. The van der Waals surface area contributed by atoms with Gasteiger partial charge in [-0.3, -0.25) is 9.69 Å². The first-order valence-electron chi connectivity index (χ1n) is 7.39. The van der Waals surface area contributed by atoms with Crippen molar-refractivity contribution in [1.29, 1.82) is 0 Å². The van der Waals surface area contributed by atoms with Gasteiger partial charge in [-0.15, -0.1) is 0 Å². The lowest BCUT2D eigenvalue weighted by atomic mass is 10.2. The number of benzene rings is 1. The molecule has 0 aromatic heterocycles. The molecule has 0 fully saturated rings. The second kappa shape index (κ2) is 8.77. The summed E-state index contributed by atoms with van der Waals surface area (Å²) in [5, 5.41) is 2.95. The van der Waals surface area contributed by atoms with Gasteiger partial charge >= 0.3 is 0 Å². The number of carbonyl (C=O) groups is 1. The van der Waals surface area contributed by atoms with Gasteiger partial charge in [0.15, 0.2) is 0 Å². The summed E-state index contributed by atoms with van der Waals surface area (Å²) in [6, 6.07) is 7.50. The highest BCUT2D eigenvalue weighted by Crippen LogP contribution is 2.11. The van der Waals surface area contributed by atoms with E-state index in [0.29, 0.717) is 6.54 Å². The van der Waals surface area contributed by atoms with Crippen molar-refractivity contribution in [3.05, 3.63) is 29.8 Å². The first-order valence-corrected chi connectivity index (χ1v) is 7.39. The Morgan fingerprint density at radius 3 is 2.62 bits per heavy atom. The number of carbonyl (C=O) groups excluding carboxylic acids is 1. The number of anilines is 1. The topological polar surface area (TPSA) is 61.6 Å². The number of rotatable bonds is 8. The third kappa shape index (κ3) is 6.25. The van der Waals surface area contributed by atoms with E-state index in [-0.39, 0.29) is 11.9 Å². The Kier molecular flexibility index (Phi) is 7.36. The van der Waals surface area contributed by atoms with E-state index in [9.17, 15) is 4.79 Å². The molecule has 1 aromatic carbocycles. The van der Waals surface area contributed by atoms with Crippen molar-refractivity contribution in [3.8, 4) is 0 Å². The van der Waals surface area contributed by atoms with Gasteiger partial charge in [-0.05, 0) is 65.3 Å². The van der Waals surface area contributed by atoms with E-state index in [1.807, 2.05) is 38.2 Å². The zero-order valence-electron chi connectivity index (χ0n) is 13.6. The molecule has 0 heterocycles.